The molecule has 2 bridgehead atoms. The van der Waals surface area contributed by atoms with Crippen LogP contribution in [0.1, 0.15) is 41.9 Å². The lowest BCUT2D eigenvalue weighted by Crippen LogP contribution is -2.36. The lowest BCUT2D eigenvalue weighted by molar-refractivity contribution is 0.00577. The molecule has 3 aromatic carbocycles. The molecule has 6 rings (SSSR count). The van der Waals surface area contributed by atoms with Crippen LogP contribution in [0.25, 0.3) is 10.9 Å². The van der Waals surface area contributed by atoms with Gasteiger partial charge in [0.2, 0.25) is 18.4 Å². The van der Waals surface area contributed by atoms with E-state index in [1.165, 1.54) is 0 Å². The summed E-state index contributed by atoms with van der Waals surface area (Å²) in [6.45, 7) is 1.07. The molecule has 0 amide bonds. The Morgan fingerprint density at radius 1 is 1.00 bits per heavy atom. The van der Waals surface area contributed by atoms with Crippen LogP contribution in [0.3, 0.4) is 0 Å². The lowest BCUT2D eigenvalue weighted by Gasteiger charge is -2.39. The van der Waals surface area contributed by atoms with Crippen molar-refractivity contribution in [3.63, 3.8) is 0 Å². The summed E-state index contributed by atoms with van der Waals surface area (Å²) < 4.78 is 19.0. The summed E-state index contributed by atoms with van der Waals surface area (Å²) in [6.07, 6.45) is 2.39. The number of aromatic nitrogens is 1. The number of halogens is 1. The van der Waals surface area contributed by atoms with Gasteiger partial charge in [0.25, 0.3) is 0 Å². The average Bonchev–Trinajstić information content (AvgIpc) is 3.36. The average molecular weight is 561 g/mol. The van der Waals surface area contributed by atoms with E-state index in [-0.39, 0.29) is 6.79 Å². The molecule has 2 aliphatic rings. The minimum absolute atomic E-state index is 0.116. The van der Waals surface area contributed by atoms with Gasteiger partial charge < -0.3 is 24.2 Å². The molecule has 190 valence electrons. The van der Waals surface area contributed by atoms with Crippen molar-refractivity contribution in [2.75, 3.05) is 27.4 Å². The summed E-state index contributed by atoms with van der Waals surface area (Å²) in [6, 6.07) is 22.0. The number of ether oxygens (including phenoxy) is 3. The molecule has 6 nitrogen and oxygen atoms in total. The third kappa shape index (κ3) is 4.45. The molecule has 0 radical (unpaired) electrons. The molecule has 4 aromatic rings. The number of unbranched alkanes of at least 4 members (excludes halogenated alkanes) is 1. The van der Waals surface area contributed by atoms with E-state index < -0.39 is 11.5 Å². The standard InChI is InChI=1S/C30H29BrN2O4/c1-33(2)13-7-6-12-30(34)21-16-25-28(36-18-35-25)26(17-21)37-29-23(27(30)19-8-4-3-5-9-19)15-20-14-22(31)10-11-24(20)32-29/h3-5,8-11,14-17,27,34H,6-7,12-13,18H2,1-2H3. The molecular formula is C30H29BrN2O4. The first kappa shape index (κ1) is 24.2. The van der Waals surface area contributed by atoms with E-state index in [1.54, 1.807) is 0 Å². The first-order valence-corrected chi connectivity index (χ1v) is 13.4. The van der Waals surface area contributed by atoms with Gasteiger partial charge in [-0.3, -0.25) is 0 Å². The summed E-state index contributed by atoms with van der Waals surface area (Å²) in [5, 5.41) is 13.8. The molecule has 0 fully saturated rings. The van der Waals surface area contributed by atoms with Crippen LogP contribution in [0.4, 0.5) is 0 Å². The fourth-order valence-corrected chi connectivity index (χ4v) is 5.86. The molecule has 1 aromatic heterocycles. The molecule has 2 aliphatic heterocycles. The monoisotopic (exact) mass is 560 g/mol. The Balaban J connectivity index is 1.60. The molecule has 0 saturated heterocycles. The Labute approximate surface area is 224 Å². The van der Waals surface area contributed by atoms with E-state index in [2.05, 4.69) is 53.1 Å². The second-order valence-electron chi connectivity index (χ2n) is 10.1. The zero-order chi connectivity index (χ0) is 25.6. The van der Waals surface area contributed by atoms with Crippen LogP contribution < -0.4 is 14.2 Å². The van der Waals surface area contributed by atoms with Crippen molar-refractivity contribution in [1.29, 1.82) is 0 Å². The van der Waals surface area contributed by atoms with E-state index in [4.69, 9.17) is 19.2 Å². The van der Waals surface area contributed by atoms with Crippen molar-refractivity contribution < 1.29 is 19.3 Å². The van der Waals surface area contributed by atoms with E-state index in [9.17, 15) is 5.11 Å². The lowest BCUT2D eigenvalue weighted by atomic mass is 9.70. The molecule has 3 heterocycles. The van der Waals surface area contributed by atoms with Gasteiger partial charge in [0.05, 0.1) is 5.52 Å². The van der Waals surface area contributed by atoms with Crippen molar-refractivity contribution in [3.8, 4) is 23.1 Å². The zero-order valence-electron chi connectivity index (χ0n) is 20.9. The molecule has 37 heavy (non-hydrogen) atoms. The van der Waals surface area contributed by atoms with Crippen LogP contribution in [0.2, 0.25) is 0 Å². The van der Waals surface area contributed by atoms with E-state index in [0.717, 1.165) is 51.5 Å². The topological polar surface area (TPSA) is 64.1 Å². The quantitative estimate of drug-likeness (QED) is 0.268. The van der Waals surface area contributed by atoms with Gasteiger partial charge in [-0.05, 0) is 87.4 Å². The normalized spacial score (nSPS) is 19.9. The SMILES string of the molecule is CN(C)CCCCC1(O)c2cc3c(c(c2)Oc2nc4ccc(Br)cc4cc2C1c1ccccc1)OCO3. The number of fused-ring (bicyclic) bond motifs is 6. The number of nitrogens with zero attached hydrogens (tertiary/aromatic N) is 2. The van der Waals surface area contributed by atoms with Gasteiger partial charge in [0.1, 0.15) is 5.60 Å². The highest BCUT2D eigenvalue weighted by molar-refractivity contribution is 9.10. The summed E-state index contributed by atoms with van der Waals surface area (Å²) in [5.41, 5.74) is 2.17. The predicted octanol–water partition coefficient (Wildman–Crippen LogP) is 6.58. The van der Waals surface area contributed by atoms with Crippen molar-refractivity contribution in [3.05, 3.63) is 87.9 Å². The second-order valence-corrected chi connectivity index (χ2v) is 11.0. The van der Waals surface area contributed by atoms with Crippen LogP contribution in [0, 0.1) is 0 Å². The fraction of sp³-hybridized carbons (Fsp3) is 0.300. The Hall–Kier alpha value is -3.13. The number of rotatable bonds is 6. The maximum absolute atomic E-state index is 12.8. The van der Waals surface area contributed by atoms with Crippen molar-refractivity contribution in [2.24, 2.45) is 0 Å². The number of hydrogen-bond donors (Lipinski definition) is 1. The van der Waals surface area contributed by atoms with Crippen LogP contribution in [0.15, 0.2) is 71.2 Å². The molecule has 0 aliphatic carbocycles. The van der Waals surface area contributed by atoms with Crippen molar-refractivity contribution in [1.82, 2.24) is 9.88 Å². The summed E-state index contributed by atoms with van der Waals surface area (Å²) in [5.74, 6) is 1.69. The molecule has 1 N–H and O–H groups in total. The number of hydrogen-bond acceptors (Lipinski definition) is 6. The smallest absolute Gasteiger partial charge is 0.231 e. The molecule has 7 heteroatoms. The van der Waals surface area contributed by atoms with Gasteiger partial charge in [-0.1, -0.05) is 46.3 Å². The van der Waals surface area contributed by atoms with E-state index >= 15 is 0 Å². The summed E-state index contributed by atoms with van der Waals surface area (Å²) in [4.78, 5) is 7.11. The van der Waals surface area contributed by atoms with E-state index in [1.807, 2.05) is 48.5 Å². The van der Waals surface area contributed by atoms with Gasteiger partial charge in [0.15, 0.2) is 11.5 Å². The molecule has 0 saturated carbocycles. The maximum atomic E-state index is 12.8. The highest BCUT2D eigenvalue weighted by atomic mass is 79.9. The Morgan fingerprint density at radius 2 is 1.81 bits per heavy atom. The van der Waals surface area contributed by atoms with Gasteiger partial charge in [-0.25, -0.2) is 4.98 Å². The summed E-state index contributed by atoms with van der Waals surface area (Å²) >= 11 is 3.60. The van der Waals surface area contributed by atoms with Gasteiger partial charge in [-0.15, -0.1) is 0 Å². The number of pyridine rings is 1. The van der Waals surface area contributed by atoms with Gasteiger partial charge >= 0.3 is 0 Å². The Bertz CT molecular complexity index is 1460. The predicted molar refractivity (Wildman–Crippen MR) is 147 cm³/mol. The number of benzene rings is 3. The minimum atomic E-state index is -1.23. The first-order chi connectivity index (χ1) is 17.9. The zero-order valence-corrected chi connectivity index (χ0v) is 22.5. The van der Waals surface area contributed by atoms with Crippen molar-refractivity contribution in [2.45, 2.75) is 30.8 Å². The highest BCUT2D eigenvalue weighted by Gasteiger charge is 2.45. The van der Waals surface area contributed by atoms with E-state index in [0.29, 0.717) is 29.5 Å². The van der Waals surface area contributed by atoms with Gasteiger partial charge in [0, 0.05) is 21.3 Å². The highest BCUT2D eigenvalue weighted by Crippen LogP contribution is 2.55. The fourth-order valence-electron chi connectivity index (χ4n) is 5.48. The Kier molecular flexibility index (Phi) is 6.31. The minimum Gasteiger partial charge on any atom is -0.453 e. The Morgan fingerprint density at radius 3 is 2.62 bits per heavy atom. The van der Waals surface area contributed by atoms with Crippen molar-refractivity contribution >= 4 is 26.8 Å². The molecule has 0 spiro atoms. The third-order valence-electron chi connectivity index (χ3n) is 7.25. The largest absolute Gasteiger partial charge is 0.453 e. The molecule has 2 atom stereocenters. The van der Waals surface area contributed by atoms with Crippen LogP contribution in [0.5, 0.6) is 23.1 Å². The summed E-state index contributed by atoms with van der Waals surface area (Å²) in [7, 11) is 4.15. The number of aliphatic hydroxyl groups is 1. The second kappa shape index (κ2) is 9.63. The maximum Gasteiger partial charge on any atom is 0.231 e. The van der Waals surface area contributed by atoms with Crippen LogP contribution in [-0.4, -0.2) is 42.4 Å². The van der Waals surface area contributed by atoms with Crippen LogP contribution >= 0.6 is 15.9 Å². The van der Waals surface area contributed by atoms with Crippen LogP contribution in [-0.2, 0) is 5.60 Å². The third-order valence-corrected chi connectivity index (χ3v) is 7.74. The molecule has 2 unspecified atom stereocenters. The molecular weight excluding hydrogens is 532 g/mol. The first-order valence-electron chi connectivity index (χ1n) is 12.6. The van der Waals surface area contributed by atoms with Gasteiger partial charge in [-0.2, -0.15) is 0 Å².